The van der Waals surface area contributed by atoms with Crippen LogP contribution in [0.2, 0.25) is 0 Å². The molecule has 0 saturated heterocycles. The topological polar surface area (TPSA) is 63.6 Å². The van der Waals surface area contributed by atoms with Gasteiger partial charge in [0, 0.05) is 42.4 Å². The van der Waals surface area contributed by atoms with Gasteiger partial charge in [-0.3, -0.25) is 14.5 Å². The number of fused-ring (bicyclic) bond motifs is 3. The molecule has 3 aromatic rings. The quantitative estimate of drug-likeness (QED) is 0.489. The van der Waals surface area contributed by atoms with Crippen molar-refractivity contribution in [1.29, 1.82) is 0 Å². The Hall–Kier alpha value is -2.77. The molecular formula is C27H33N3O3S. The second kappa shape index (κ2) is 10.2. The summed E-state index contributed by atoms with van der Waals surface area (Å²) < 4.78 is 7.72. The maximum Gasteiger partial charge on any atom is 0.247 e. The van der Waals surface area contributed by atoms with Gasteiger partial charge in [0.1, 0.15) is 6.04 Å². The van der Waals surface area contributed by atoms with E-state index in [0.717, 1.165) is 38.3 Å². The van der Waals surface area contributed by atoms with Crippen LogP contribution in [-0.4, -0.2) is 41.4 Å². The molecule has 0 bridgehead atoms. The van der Waals surface area contributed by atoms with Gasteiger partial charge in [0.15, 0.2) is 0 Å². The molecule has 2 amide bonds. The SMILES string of the molecule is Cc1cc(C)cc(N2C(=O)CSc3c(c4ccccc4n3C)[C@H]2C(=O)NCCCOC(C)C)c1. The number of aromatic nitrogens is 1. The Morgan fingerprint density at radius 3 is 2.59 bits per heavy atom. The number of hydrogen-bond acceptors (Lipinski definition) is 4. The Morgan fingerprint density at radius 1 is 1.18 bits per heavy atom. The van der Waals surface area contributed by atoms with E-state index in [-0.39, 0.29) is 23.7 Å². The van der Waals surface area contributed by atoms with Gasteiger partial charge in [-0.1, -0.05) is 36.0 Å². The number of para-hydroxylation sites is 1. The molecule has 0 aliphatic carbocycles. The highest BCUT2D eigenvalue weighted by Gasteiger charge is 2.39. The Labute approximate surface area is 205 Å². The zero-order valence-corrected chi connectivity index (χ0v) is 21.4. The van der Waals surface area contributed by atoms with Crippen LogP contribution in [0.15, 0.2) is 47.5 Å². The minimum atomic E-state index is -0.754. The number of nitrogens with zero attached hydrogens (tertiary/aromatic N) is 2. The fourth-order valence-electron chi connectivity index (χ4n) is 4.64. The van der Waals surface area contributed by atoms with Crippen LogP contribution in [0.3, 0.4) is 0 Å². The van der Waals surface area contributed by atoms with E-state index in [1.165, 1.54) is 11.8 Å². The third kappa shape index (κ3) is 4.86. The second-order valence-corrected chi connectivity index (χ2v) is 10.1. The third-order valence-electron chi connectivity index (χ3n) is 6.03. The van der Waals surface area contributed by atoms with Crippen molar-refractivity contribution >= 4 is 40.2 Å². The maximum absolute atomic E-state index is 13.8. The van der Waals surface area contributed by atoms with E-state index in [4.69, 9.17) is 4.74 Å². The predicted octanol–water partition coefficient (Wildman–Crippen LogP) is 4.91. The molecule has 0 unspecified atom stereocenters. The summed E-state index contributed by atoms with van der Waals surface area (Å²) in [4.78, 5) is 29.0. The van der Waals surface area contributed by atoms with Crippen molar-refractivity contribution < 1.29 is 14.3 Å². The Kier molecular flexibility index (Phi) is 7.33. The van der Waals surface area contributed by atoms with Crippen molar-refractivity contribution in [3.63, 3.8) is 0 Å². The molecule has 34 heavy (non-hydrogen) atoms. The number of benzene rings is 2. The maximum atomic E-state index is 13.8. The van der Waals surface area contributed by atoms with Crippen molar-refractivity contribution in [3.8, 4) is 0 Å². The molecule has 1 aliphatic heterocycles. The van der Waals surface area contributed by atoms with E-state index < -0.39 is 6.04 Å². The van der Waals surface area contributed by atoms with Crippen LogP contribution < -0.4 is 10.2 Å². The van der Waals surface area contributed by atoms with E-state index in [0.29, 0.717) is 19.6 Å². The molecule has 1 aliphatic rings. The Morgan fingerprint density at radius 2 is 1.88 bits per heavy atom. The smallest absolute Gasteiger partial charge is 0.247 e. The summed E-state index contributed by atoms with van der Waals surface area (Å²) in [5, 5.41) is 5.05. The first-order chi connectivity index (χ1) is 16.3. The molecule has 2 heterocycles. The van der Waals surface area contributed by atoms with Crippen LogP contribution >= 0.6 is 11.8 Å². The van der Waals surface area contributed by atoms with Gasteiger partial charge in [0.2, 0.25) is 11.8 Å². The number of carbonyl (C=O) groups excluding carboxylic acids is 2. The molecule has 0 saturated carbocycles. The van der Waals surface area contributed by atoms with Gasteiger partial charge in [-0.05, 0) is 63.4 Å². The van der Waals surface area contributed by atoms with Crippen LogP contribution in [0.25, 0.3) is 10.9 Å². The minimum absolute atomic E-state index is 0.0708. The van der Waals surface area contributed by atoms with Crippen LogP contribution in [0.1, 0.15) is 43.0 Å². The van der Waals surface area contributed by atoms with E-state index in [2.05, 4.69) is 22.0 Å². The van der Waals surface area contributed by atoms with Crippen molar-refractivity contribution in [2.75, 3.05) is 23.8 Å². The van der Waals surface area contributed by atoms with Crippen LogP contribution in [0.5, 0.6) is 0 Å². The number of ether oxygens (including phenoxy) is 1. The summed E-state index contributed by atoms with van der Waals surface area (Å²) in [5.41, 5.74) is 4.82. The zero-order chi connectivity index (χ0) is 24.4. The summed E-state index contributed by atoms with van der Waals surface area (Å²) in [6.07, 6.45) is 0.871. The summed E-state index contributed by atoms with van der Waals surface area (Å²) in [7, 11) is 2.00. The molecule has 1 aromatic heterocycles. The van der Waals surface area contributed by atoms with E-state index in [9.17, 15) is 9.59 Å². The average Bonchev–Trinajstić information content (AvgIpc) is 2.95. The van der Waals surface area contributed by atoms with Crippen LogP contribution in [0.4, 0.5) is 5.69 Å². The number of hydrogen-bond donors (Lipinski definition) is 1. The molecule has 0 spiro atoms. The van der Waals surface area contributed by atoms with Gasteiger partial charge in [0.05, 0.1) is 16.9 Å². The number of rotatable bonds is 7. The van der Waals surface area contributed by atoms with E-state index in [1.54, 1.807) is 4.90 Å². The lowest BCUT2D eigenvalue weighted by Gasteiger charge is -2.30. The molecule has 1 atom stereocenters. The van der Waals surface area contributed by atoms with Gasteiger partial charge < -0.3 is 14.6 Å². The highest BCUT2D eigenvalue weighted by atomic mass is 32.2. The largest absolute Gasteiger partial charge is 0.379 e. The van der Waals surface area contributed by atoms with Crippen LogP contribution in [0, 0.1) is 13.8 Å². The number of anilines is 1. The van der Waals surface area contributed by atoms with E-state index in [1.807, 2.05) is 65.1 Å². The molecule has 0 fully saturated rings. The molecular weight excluding hydrogens is 446 g/mol. The summed E-state index contributed by atoms with van der Waals surface area (Å²) in [6, 6.07) is 13.4. The molecule has 0 radical (unpaired) electrons. The predicted molar refractivity (Wildman–Crippen MR) is 139 cm³/mol. The van der Waals surface area contributed by atoms with Crippen LogP contribution in [-0.2, 0) is 21.4 Å². The highest BCUT2D eigenvalue weighted by molar-refractivity contribution is 8.00. The van der Waals surface area contributed by atoms with Gasteiger partial charge in [-0.2, -0.15) is 0 Å². The number of carbonyl (C=O) groups is 2. The standard InChI is InChI=1S/C27H33N3O3S/c1-17(2)33-12-8-11-28-26(32)25-24-21-9-6-7-10-22(21)29(5)27(24)34-16-23(31)30(25)20-14-18(3)13-19(4)15-20/h6-7,9-10,13-15,17,25H,8,11-12,16H2,1-5H3,(H,28,32)/t25-/m0/s1. The number of nitrogens with one attached hydrogen (secondary N) is 1. The lowest BCUT2D eigenvalue weighted by Crippen LogP contribution is -2.44. The first-order valence-electron chi connectivity index (χ1n) is 11.8. The zero-order valence-electron chi connectivity index (χ0n) is 20.6. The molecule has 1 N–H and O–H groups in total. The Balaban J connectivity index is 1.79. The minimum Gasteiger partial charge on any atom is -0.379 e. The van der Waals surface area contributed by atoms with Gasteiger partial charge in [0.25, 0.3) is 0 Å². The number of thioether (sulfide) groups is 1. The van der Waals surface area contributed by atoms with Crippen molar-refractivity contribution in [2.24, 2.45) is 7.05 Å². The summed E-state index contributed by atoms with van der Waals surface area (Å²) in [5.74, 6) is 0.0339. The molecule has 4 rings (SSSR count). The summed E-state index contributed by atoms with van der Waals surface area (Å²) >= 11 is 1.50. The monoisotopic (exact) mass is 479 g/mol. The average molecular weight is 480 g/mol. The molecule has 2 aromatic carbocycles. The molecule has 7 heteroatoms. The first kappa shape index (κ1) is 24.4. The van der Waals surface area contributed by atoms with E-state index >= 15 is 0 Å². The molecule has 180 valence electrons. The normalized spacial score (nSPS) is 16.1. The fraction of sp³-hybridized carbons (Fsp3) is 0.407. The van der Waals surface area contributed by atoms with Crippen molar-refractivity contribution in [2.45, 2.75) is 51.3 Å². The highest BCUT2D eigenvalue weighted by Crippen LogP contribution is 2.43. The second-order valence-electron chi connectivity index (χ2n) is 9.16. The molecule has 6 nitrogen and oxygen atoms in total. The van der Waals surface area contributed by atoms with Gasteiger partial charge in [-0.25, -0.2) is 0 Å². The van der Waals surface area contributed by atoms with Crippen molar-refractivity contribution in [3.05, 3.63) is 59.2 Å². The lowest BCUT2D eigenvalue weighted by atomic mass is 10.0. The summed E-state index contributed by atoms with van der Waals surface area (Å²) in [6.45, 7) is 9.09. The first-order valence-corrected chi connectivity index (χ1v) is 12.8. The number of amides is 2. The Bertz CT molecular complexity index is 1200. The third-order valence-corrected chi connectivity index (χ3v) is 7.19. The number of aryl methyl sites for hydroxylation is 3. The lowest BCUT2D eigenvalue weighted by molar-refractivity contribution is -0.125. The van der Waals surface area contributed by atoms with Gasteiger partial charge >= 0.3 is 0 Å². The van der Waals surface area contributed by atoms with Gasteiger partial charge in [-0.15, -0.1) is 0 Å². The van der Waals surface area contributed by atoms with Crippen molar-refractivity contribution in [1.82, 2.24) is 9.88 Å². The fourth-order valence-corrected chi connectivity index (χ4v) is 5.71.